The fourth-order valence-corrected chi connectivity index (χ4v) is 4.94. The van der Waals surface area contributed by atoms with Crippen LogP contribution in [0.2, 0.25) is 0 Å². The first-order valence-electron chi connectivity index (χ1n) is 11.4. The smallest absolute Gasteiger partial charge is 0.255 e. The second kappa shape index (κ2) is 7.95. The summed E-state index contributed by atoms with van der Waals surface area (Å²) in [7, 11) is 0. The maximum Gasteiger partial charge on any atom is 0.255 e. The number of rotatable bonds is 4. The second-order valence-electron chi connectivity index (χ2n) is 8.78. The lowest BCUT2D eigenvalue weighted by Gasteiger charge is -2.29. The van der Waals surface area contributed by atoms with Gasteiger partial charge in [-0.2, -0.15) is 5.10 Å². The van der Waals surface area contributed by atoms with Crippen LogP contribution < -0.4 is 5.32 Å². The Balaban J connectivity index is 1.35. The van der Waals surface area contributed by atoms with E-state index < -0.39 is 11.9 Å². The number of nitrogens with one attached hydrogen (secondary N) is 1. The third-order valence-corrected chi connectivity index (χ3v) is 6.63. The van der Waals surface area contributed by atoms with E-state index in [0.717, 1.165) is 27.7 Å². The van der Waals surface area contributed by atoms with Gasteiger partial charge in [-0.1, -0.05) is 54.6 Å². The molecule has 1 atom stereocenters. The van der Waals surface area contributed by atoms with Gasteiger partial charge < -0.3 is 4.90 Å². The average Bonchev–Trinajstić information content (AvgIpc) is 3.37. The Kier molecular flexibility index (Phi) is 4.76. The van der Waals surface area contributed by atoms with E-state index >= 15 is 0 Å². The summed E-state index contributed by atoms with van der Waals surface area (Å²) in [6.07, 6.45) is 0.596. The molecule has 2 aliphatic rings. The molecule has 7 nitrogen and oxygen atoms in total. The third-order valence-electron chi connectivity index (χ3n) is 6.63. The summed E-state index contributed by atoms with van der Waals surface area (Å²) in [5.74, 6) is -0.857. The number of carbonyl (C=O) groups excluding carboxylic acids is 3. The zero-order valence-electron chi connectivity index (χ0n) is 18.4. The Morgan fingerprint density at radius 2 is 1.74 bits per heavy atom. The molecular formula is C27H22N4O3. The average molecular weight is 450 g/mol. The normalized spacial score (nSPS) is 17.8. The first-order chi connectivity index (χ1) is 16.6. The molecule has 168 valence electrons. The zero-order chi connectivity index (χ0) is 23.2. The van der Waals surface area contributed by atoms with Crippen molar-refractivity contribution in [3.63, 3.8) is 0 Å². The summed E-state index contributed by atoms with van der Waals surface area (Å²) in [6.45, 7) is 1.00. The van der Waals surface area contributed by atoms with E-state index in [2.05, 4.69) is 29.6 Å². The number of imide groups is 1. The van der Waals surface area contributed by atoms with E-state index in [4.69, 9.17) is 5.10 Å². The van der Waals surface area contributed by atoms with Crippen LogP contribution in [0.25, 0.3) is 22.2 Å². The number of amides is 3. The van der Waals surface area contributed by atoms with Crippen LogP contribution in [0, 0.1) is 0 Å². The largest absolute Gasteiger partial charge is 0.322 e. The maximum absolute atomic E-state index is 13.0. The van der Waals surface area contributed by atoms with E-state index in [9.17, 15) is 14.4 Å². The van der Waals surface area contributed by atoms with Crippen molar-refractivity contribution >= 4 is 28.6 Å². The van der Waals surface area contributed by atoms with Crippen LogP contribution in [0.4, 0.5) is 0 Å². The number of benzene rings is 3. The summed E-state index contributed by atoms with van der Waals surface area (Å²) >= 11 is 0. The Morgan fingerprint density at radius 1 is 0.941 bits per heavy atom. The number of aromatic nitrogens is 2. The maximum atomic E-state index is 13.0. The Bertz CT molecular complexity index is 1460. The molecule has 2 aliphatic heterocycles. The van der Waals surface area contributed by atoms with Crippen molar-refractivity contribution < 1.29 is 14.4 Å². The highest BCUT2D eigenvalue weighted by Gasteiger charge is 2.39. The van der Waals surface area contributed by atoms with Gasteiger partial charge in [0, 0.05) is 29.5 Å². The molecule has 3 heterocycles. The van der Waals surface area contributed by atoms with Crippen LogP contribution in [0.15, 0.2) is 72.8 Å². The molecule has 0 bridgehead atoms. The molecule has 1 unspecified atom stereocenters. The van der Waals surface area contributed by atoms with Gasteiger partial charge in [-0.15, -0.1) is 0 Å². The highest BCUT2D eigenvalue weighted by Crippen LogP contribution is 2.33. The molecule has 6 rings (SSSR count). The van der Waals surface area contributed by atoms with E-state index in [1.807, 2.05) is 53.2 Å². The summed E-state index contributed by atoms with van der Waals surface area (Å²) in [5.41, 5.74) is 5.47. The number of nitrogens with zero attached hydrogens (tertiary/aromatic N) is 3. The lowest BCUT2D eigenvalue weighted by molar-refractivity contribution is -0.136. The van der Waals surface area contributed by atoms with E-state index in [1.165, 1.54) is 5.56 Å². The number of hydrogen-bond donors (Lipinski definition) is 1. The molecule has 7 heteroatoms. The molecule has 1 aromatic heterocycles. The summed E-state index contributed by atoms with van der Waals surface area (Å²) in [6, 6.07) is 23.5. The minimum atomic E-state index is -0.619. The number of carbonyl (C=O) groups is 3. The Labute approximate surface area is 196 Å². The van der Waals surface area contributed by atoms with Crippen LogP contribution in [-0.4, -0.2) is 38.4 Å². The summed E-state index contributed by atoms with van der Waals surface area (Å²) in [5, 5.41) is 8.34. The molecule has 34 heavy (non-hydrogen) atoms. The molecule has 4 aromatic rings. The fourth-order valence-electron chi connectivity index (χ4n) is 4.94. The van der Waals surface area contributed by atoms with Gasteiger partial charge in [-0.25, -0.2) is 0 Å². The Hall–Kier alpha value is -4.26. The minimum Gasteiger partial charge on any atom is -0.322 e. The van der Waals surface area contributed by atoms with Crippen molar-refractivity contribution in [3.8, 4) is 11.3 Å². The molecule has 0 saturated carbocycles. The number of fused-ring (bicyclic) bond motifs is 2. The molecule has 3 amide bonds. The van der Waals surface area contributed by atoms with Crippen molar-refractivity contribution in [2.24, 2.45) is 0 Å². The van der Waals surface area contributed by atoms with Gasteiger partial charge in [-0.3, -0.25) is 24.4 Å². The minimum absolute atomic E-state index is 0.171. The van der Waals surface area contributed by atoms with Crippen molar-refractivity contribution in [3.05, 3.63) is 89.5 Å². The Morgan fingerprint density at radius 3 is 2.56 bits per heavy atom. The summed E-state index contributed by atoms with van der Waals surface area (Å²) in [4.78, 5) is 38.5. The first-order valence-corrected chi connectivity index (χ1v) is 11.4. The van der Waals surface area contributed by atoms with Crippen molar-refractivity contribution in [2.75, 3.05) is 0 Å². The molecular weight excluding hydrogens is 428 g/mol. The molecule has 0 radical (unpaired) electrons. The number of piperidine rings is 1. The van der Waals surface area contributed by atoms with Crippen LogP contribution in [-0.2, 0) is 22.7 Å². The zero-order valence-corrected chi connectivity index (χ0v) is 18.4. The van der Waals surface area contributed by atoms with Gasteiger partial charge in [0.05, 0.1) is 12.1 Å². The molecule has 0 spiro atoms. The van der Waals surface area contributed by atoms with Gasteiger partial charge in [0.15, 0.2) is 0 Å². The monoisotopic (exact) mass is 450 g/mol. The predicted molar refractivity (Wildman–Crippen MR) is 127 cm³/mol. The molecule has 1 fully saturated rings. The highest BCUT2D eigenvalue weighted by atomic mass is 16.2. The van der Waals surface area contributed by atoms with Crippen molar-refractivity contribution in [2.45, 2.75) is 32.0 Å². The van der Waals surface area contributed by atoms with E-state index in [1.54, 1.807) is 4.90 Å². The van der Waals surface area contributed by atoms with Gasteiger partial charge >= 0.3 is 0 Å². The van der Waals surface area contributed by atoms with Crippen LogP contribution >= 0.6 is 0 Å². The molecule has 1 saturated heterocycles. The predicted octanol–water partition coefficient (Wildman–Crippen LogP) is 3.51. The van der Waals surface area contributed by atoms with Gasteiger partial charge in [-0.05, 0) is 35.7 Å². The van der Waals surface area contributed by atoms with Gasteiger partial charge in [0.25, 0.3) is 5.91 Å². The molecule has 3 aromatic carbocycles. The van der Waals surface area contributed by atoms with Crippen LogP contribution in [0.5, 0.6) is 0 Å². The number of hydrogen-bond acceptors (Lipinski definition) is 4. The van der Waals surface area contributed by atoms with Gasteiger partial charge in [0.2, 0.25) is 11.8 Å². The highest BCUT2D eigenvalue weighted by molar-refractivity contribution is 6.06. The van der Waals surface area contributed by atoms with Crippen LogP contribution in [0.1, 0.15) is 34.3 Å². The van der Waals surface area contributed by atoms with Crippen molar-refractivity contribution in [1.82, 2.24) is 20.0 Å². The topological polar surface area (TPSA) is 84.3 Å². The second-order valence-corrected chi connectivity index (χ2v) is 8.78. The third kappa shape index (κ3) is 3.37. The van der Waals surface area contributed by atoms with Crippen molar-refractivity contribution in [1.29, 1.82) is 0 Å². The lowest BCUT2D eigenvalue weighted by atomic mass is 10.0. The summed E-state index contributed by atoms with van der Waals surface area (Å²) < 4.78 is 2.01. The number of para-hydroxylation sites is 1. The van der Waals surface area contributed by atoms with E-state index in [0.29, 0.717) is 25.1 Å². The lowest BCUT2D eigenvalue weighted by Crippen LogP contribution is -2.52. The quantitative estimate of drug-likeness (QED) is 0.482. The van der Waals surface area contributed by atoms with Gasteiger partial charge in [0.1, 0.15) is 11.7 Å². The molecule has 1 N–H and O–H groups in total. The fraction of sp³-hybridized carbons (Fsp3) is 0.185. The standard InChI is InChI=1S/C27H22N4O3/c32-24-13-12-23(26(33)28-24)30-16-19-14-18(10-11-20(19)27(30)34)25-21-8-4-5-9-22(21)31(29-25)15-17-6-2-1-3-7-17/h1-11,14,23H,12-13,15-16H2,(H,28,32,33). The molecule has 0 aliphatic carbocycles. The van der Waals surface area contributed by atoms with E-state index in [-0.39, 0.29) is 18.2 Å². The first kappa shape index (κ1) is 20.4. The SMILES string of the molecule is O=C1CCC(N2Cc3cc(-c4nn(Cc5ccccc5)c5ccccc45)ccc3C2=O)C(=O)N1. The van der Waals surface area contributed by atoms with Crippen LogP contribution in [0.3, 0.4) is 0 Å².